The molecule has 6 aromatic carbocycles. The van der Waals surface area contributed by atoms with E-state index in [1.807, 2.05) is 175 Å². The predicted octanol–water partition coefficient (Wildman–Crippen LogP) is 2.73. The fourth-order valence-electron chi connectivity index (χ4n) is 14.9. The largest absolute Gasteiger partial charge is 0.550 e. The molecule has 4 amide bonds. The van der Waals surface area contributed by atoms with Gasteiger partial charge in [-0.3, -0.25) is 66.6 Å². The van der Waals surface area contributed by atoms with Gasteiger partial charge >= 0.3 is 17.9 Å². The van der Waals surface area contributed by atoms with E-state index >= 15 is 0 Å². The molecule has 0 saturated carbocycles. The third-order valence-electron chi connectivity index (χ3n) is 21.4. The summed E-state index contributed by atoms with van der Waals surface area (Å²) in [5.41, 5.74) is 47.9. The second-order valence-electron chi connectivity index (χ2n) is 34.6. The van der Waals surface area contributed by atoms with Crippen LogP contribution in [0.4, 0.5) is 11.6 Å². The molecule has 7 rings (SSSR count). The van der Waals surface area contributed by atoms with Crippen LogP contribution in [0, 0.1) is 35.5 Å². The Morgan fingerprint density at radius 2 is 0.727 bits per heavy atom. The van der Waals surface area contributed by atoms with Crippen LogP contribution in [0.5, 0.6) is 11.5 Å². The van der Waals surface area contributed by atoms with Gasteiger partial charge in [-0.2, -0.15) is 10.1 Å². The molecule has 0 radical (unpaired) electrons. The van der Waals surface area contributed by atoms with Gasteiger partial charge in [0.2, 0.25) is 11.8 Å². The number of carboxylic acid groups (broad SMARTS) is 4. The Hall–Kier alpha value is -12.3. The quantitative estimate of drug-likeness (QED) is 0.0113. The summed E-state index contributed by atoms with van der Waals surface area (Å²) in [7, 11) is 0. The number of phenols is 2. The summed E-state index contributed by atoms with van der Waals surface area (Å²) in [6, 6.07) is 49.9. The molecule has 1 aromatic heterocycles. The lowest BCUT2D eigenvalue weighted by molar-refractivity contribution is -0.460. The van der Waals surface area contributed by atoms with Crippen LogP contribution >= 0.6 is 0 Å². The summed E-state index contributed by atoms with van der Waals surface area (Å²) in [6.07, 6.45) is -0.0127. The summed E-state index contributed by atoms with van der Waals surface area (Å²) in [5.74, 6) is -12.3. The fourth-order valence-corrected chi connectivity index (χ4v) is 14.9. The van der Waals surface area contributed by atoms with E-state index in [0.29, 0.717) is 43.5 Å². The molecule has 7 aromatic rings. The first-order valence-electron chi connectivity index (χ1n) is 43.2. The number of phenolic OH excluding ortho intramolecular Hbond substituents is 2. The highest BCUT2D eigenvalue weighted by Gasteiger charge is 2.40. The summed E-state index contributed by atoms with van der Waals surface area (Å²) in [4.78, 5) is 128. The molecule has 34 heteroatoms. The maximum atomic E-state index is 13.0. The third kappa shape index (κ3) is 35.5. The van der Waals surface area contributed by atoms with Crippen molar-refractivity contribution >= 4 is 71.1 Å². The standard InChI is InChI=1S/2C36H47NO6.C22H42N16O4/c2*1-24(2)33(28-15-11-8-12-16-28)37(36(4,5)6)43-32(27-17-19-31(38)20-18-27)23-30(35(41)42)22-29(34(39)40)21-25(3)26-13-9-7-10-14-26;23-5-9-31-17(39)11(3-1-7-33-21(27)28)35-19(41)13-15(25)38-14(16(26)37-13)20(42)36-12(18(40)32-10-6-24)4-2-8-34-22(29)30/h2*7-20,24-25,29-30,32-33,38H,21-23H2,1-6H3,(H,39,40)(H,41,42);11-12H,1-10,23-24H2,(H2,26,37)(H2,25,38)(H,31,39)(H,32,40)(H,35,41)(H,36,42)(H4,27,28,33)(H4,29,30,34)/p-1. The monoisotopic (exact) mass is 1770 g/mol. The minimum Gasteiger partial charge on any atom is -0.550 e. The number of amides is 4. The zero-order valence-corrected chi connectivity index (χ0v) is 75.6. The van der Waals surface area contributed by atoms with E-state index < -0.39 is 130 Å². The van der Waals surface area contributed by atoms with E-state index in [1.165, 1.54) is 12.1 Å². The zero-order chi connectivity index (χ0) is 95.1. The number of benzene rings is 6. The average molecular weight is 1770 g/mol. The van der Waals surface area contributed by atoms with E-state index in [1.54, 1.807) is 36.4 Å². The second-order valence-corrected chi connectivity index (χ2v) is 34.6. The lowest BCUT2D eigenvalue weighted by atomic mass is 9.82. The Kier molecular flexibility index (Phi) is 43.7. The summed E-state index contributed by atoms with van der Waals surface area (Å²) in [6.45, 7) is 26.0. The van der Waals surface area contributed by atoms with Gasteiger partial charge in [-0.05, 0) is 193 Å². The maximum Gasteiger partial charge on any atom is 0.338 e. The first-order chi connectivity index (χ1) is 60.4. The Morgan fingerprint density at radius 3 is 1.01 bits per heavy atom. The number of nitrogens with one attached hydrogen (secondary N) is 6. The number of aromatic hydroxyl groups is 2. The Bertz CT molecular complexity index is 4360. The number of carboxylic acids is 4. The molecule has 0 saturated heterocycles. The average Bonchev–Trinajstić information content (AvgIpc) is 0.797. The first-order valence-corrected chi connectivity index (χ1v) is 43.2. The molecule has 0 aliphatic rings. The van der Waals surface area contributed by atoms with Crippen LogP contribution in [0.25, 0.3) is 0 Å². The molecule has 698 valence electrons. The number of anilines is 2. The van der Waals surface area contributed by atoms with Gasteiger partial charge in [0, 0.05) is 67.0 Å². The molecule has 0 spiro atoms. The minimum atomic E-state index is -1.34. The SMILES string of the molecule is CC(CC(CC(CC(ON(C(c1ccccc1)C(C)C)C(C)(C)C)c1ccc(O)cc1)C(=O)[O-])C(=O)O)c1ccccc1.CC(CC(CC(CC(ON(C(c1ccccc1)C(C)C)C(C)(C)C)c1ccc(O)cc1)C(=O)[O-])C(=O)[O-])c1ccccc1.NCCNC(=O)C(CCC[NH+]=C(N)N)NC(=O)c1nc(N)c(C(=O)NC(CCC[NH+]=C(N)N)C(=O)NCCN)nc1N. The van der Waals surface area contributed by atoms with Crippen LogP contribution in [-0.2, 0) is 38.4 Å². The zero-order valence-electron chi connectivity index (χ0n) is 75.6. The van der Waals surface area contributed by atoms with Crippen LogP contribution in [0.1, 0.15) is 238 Å². The van der Waals surface area contributed by atoms with Crippen molar-refractivity contribution in [3.8, 4) is 11.5 Å². The number of aromatic nitrogens is 2. The number of nitrogens with zero attached hydrogens (tertiary/aromatic N) is 4. The Balaban J connectivity index is 0.000000340. The molecule has 0 aliphatic carbocycles. The molecule has 1 heterocycles. The number of hydroxylamine groups is 4. The highest BCUT2D eigenvalue weighted by atomic mass is 16.7. The van der Waals surface area contributed by atoms with Crippen molar-refractivity contribution in [1.29, 1.82) is 0 Å². The molecule has 128 heavy (non-hydrogen) atoms. The number of nitrogens with two attached hydrogens (primary N) is 8. The van der Waals surface area contributed by atoms with Crippen LogP contribution in [0.3, 0.4) is 0 Å². The molecule has 25 N–H and O–H groups in total. The molecule has 12 unspecified atom stereocenters. The summed E-state index contributed by atoms with van der Waals surface area (Å²) < 4.78 is 0. The Morgan fingerprint density at radius 1 is 0.430 bits per heavy atom. The highest BCUT2D eigenvalue weighted by molar-refractivity contribution is 6.03. The minimum absolute atomic E-state index is 0.00277. The molecular formula is C94H135N18O16-. The van der Waals surface area contributed by atoms with Crippen molar-refractivity contribution in [1.82, 2.24) is 41.4 Å². The smallest absolute Gasteiger partial charge is 0.338 e. The number of hydrogen-bond donors (Lipinski definition) is 17. The van der Waals surface area contributed by atoms with E-state index in [0.717, 1.165) is 22.3 Å². The number of nitrogen functional groups attached to an aromatic ring is 2. The molecule has 0 bridgehead atoms. The van der Waals surface area contributed by atoms with E-state index in [4.69, 9.17) is 55.5 Å². The molecule has 34 nitrogen and oxygen atoms in total. The molecule has 0 fully saturated rings. The van der Waals surface area contributed by atoms with Crippen molar-refractivity contribution in [3.05, 3.63) is 215 Å². The number of carbonyl (C=O) groups excluding carboxylic acids is 7. The van der Waals surface area contributed by atoms with Crippen molar-refractivity contribution < 1.29 is 88.7 Å². The Labute approximate surface area is 750 Å². The van der Waals surface area contributed by atoms with Gasteiger partial charge in [-0.1, -0.05) is 187 Å². The van der Waals surface area contributed by atoms with Crippen LogP contribution in [0.15, 0.2) is 170 Å². The molecular weight excluding hydrogens is 1640 g/mol. The van der Waals surface area contributed by atoms with Crippen molar-refractivity contribution in [2.24, 2.45) is 69.9 Å². The number of carbonyl (C=O) groups is 8. The number of rotatable bonds is 48. The van der Waals surface area contributed by atoms with E-state index in [-0.39, 0.29) is 130 Å². The normalized spacial score (nSPS) is 14.3. The van der Waals surface area contributed by atoms with E-state index in [9.17, 15) is 69.0 Å². The number of hydrogen-bond acceptors (Lipinski definition) is 23. The first kappa shape index (κ1) is 106. The lowest BCUT2D eigenvalue weighted by Crippen LogP contribution is -2.78. The van der Waals surface area contributed by atoms with E-state index in [2.05, 4.69) is 81.0 Å². The topological polar surface area (TPSA) is 601 Å². The van der Waals surface area contributed by atoms with Gasteiger partial charge in [0.15, 0.2) is 23.0 Å². The molecule has 12 atom stereocenters. The summed E-state index contributed by atoms with van der Waals surface area (Å²) >= 11 is 0. The van der Waals surface area contributed by atoms with Gasteiger partial charge < -0.3 is 89.2 Å². The van der Waals surface area contributed by atoms with Crippen molar-refractivity contribution in [2.45, 2.75) is 207 Å². The van der Waals surface area contributed by atoms with Crippen LogP contribution in [0.2, 0.25) is 0 Å². The second kappa shape index (κ2) is 52.7. The number of guanidine groups is 2. The van der Waals surface area contributed by atoms with Crippen molar-refractivity contribution in [3.63, 3.8) is 0 Å². The lowest BCUT2D eigenvalue weighted by Gasteiger charge is -2.45. The van der Waals surface area contributed by atoms with Gasteiger partial charge in [-0.15, -0.1) is 0 Å². The number of aliphatic carboxylic acids is 4. The van der Waals surface area contributed by atoms with Gasteiger partial charge in [0.1, 0.15) is 35.8 Å². The van der Waals surface area contributed by atoms with Crippen LogP contribution < -0.4 is 92.4 Å². The fraction of sp³-hybridized carbons (Fsp3) is 0.468. The third-order valence-corrected chi connectivity index (χ3v) is 21.4. The highest BCUT2D eigenvalue weighted by Crippen LogP contribution is 2.43. The van der Waals surface area contributed by atoms with Crippen LogP contribution in [-0.4, -0.2) is 157 Å². The van der Waals surface area contributed by atoms with Crippen molar-refractivity contribution in [2.75, 3.05) is 50.7 Å². The van der Waals surface area contributed by atoms with Gasteiger partial charge in [-0.25, -0.2) is 9.97 Å². The van der Waals surface area contributed by atoms with Gasteiger partial charge in [0.05, 0.1) is 31.1 Å². The predicted molar refractivity (Wildman–Crippen MR) is 484 cm³/mol. The molecule has 0 aliphatic heterocycles. The van der Waals surface area contributed by atoms with Gasteiger partial charge in [0.25, 0.3) is 11.8 Å². The maximum absolute atomic E-state index is 13.0. The summed E-state index contributed by atoms with van der Waals surface area (Å²) in [5, 5.41) is 81.5.